The van der Waals surface area contributed by atoms with Crippen molar-refractivity contribution in [3.8, 4) is 0 Å². The van der Waals surface area contributed by atoms with E-state index in [4.69, 9.17) is 0 Å². The Bertz CT molecular complexity index is 710. The Morgan fingerprint density at radius 2 is 1.95 bits per heavy atom. The van der Waals surface area contributed by atoms with Gasteiger partial charge >= 0.3 is 0 Å². The number of carbonyl (C=O) groups is 1. The quantitative estimate of drug-likeness (QED) is 0.801. The summed E-state index contributed by atoms with van der Waals surface area (Å²) in [6.07, 6.45) is 4.83. The maximum absolute atomic E-state index is 12.1. The van der Waals surface area contributed by atoms with E-state index in [1.165, 1.54) is 35.9 Å². The molecular weight excluding hydrogens is 260 g/mol. The molecule has 0 fully saturated rings. The van der Waals surface area contributed by atoms with Gasteiger partial charge in [-0.25, -0.2) is 0 Å². The van der Waals surface area contributed by atoms with Crippen LogP contribution in [0.1, 0.15) is 56.9 Å². The molecule has 2 heterocycles. The van der Waals surface area contributed by atoms with Gasteiger partial charge in [0.1, 0.15) is 0 Å². The molecule has 2 N–H and O–H groups in total. The van der Waals surface area contributed by atoms with Gasteiger partial charge in [0.15, 0.2) is 0 Å². The van der Waals surface area contributed by atoms with Crippen LogP contribution in [0.4, 0.5) is 5.69 Å². The topological polar surface area (TPSA) is 44.9 Å². The molecule has 1 aromatic carbocycles. The van der Waals surface area contributed by atoms with Crippen LogP contribution in [-0.2, 0) is 16.6 Å². The van der Waals surface area contributed by atoms with Gasteiger partial charge in [-0.15, -0.1) is 0 Å². The predicted molar refractivity (Wildman–Crippen MR) is 87.9 cm³/mol. The first-order valence-corrected chi connectivity index (χ1v) is 7.92. The van der Waals surface area contributed by atoms with Crippen molar-refractivity contribution in [2.24, 2.45) is 0 Å². The molecule has 0 bridgehead atoms. The minimum Gasteiger partial charge on any atom is -0.358 e. The van der Waals surface area contributed by atoms with E-state index in [0.717, 1.165) is 23.2 Å². The predicted octanol–water partition coefficient (Wildman–Crippen LogP) is 4.44. The van der Waals surface area contributed by atoms with Gasteiger partial charge in [-0.05, 0) is 56.9 Å². The van der Waals surface area contributed by atoms with E-state index in [1.54, 1.807) is 0 Å². The molecule has 0 atom stereocenters. The average Bonchev–Trinajstić information content (AvgIpc) is 2.84. The largest absolute Gasteiger partial charge is 0.358 e. The number of benzene rings is 1. The second kappa shape index (κ2) is 4.90. The number of fused-ring (bicyclic) bond motifs is 2. The summed E-state index contributed by atoms with van der Waals surface area (Å²) >= 11 is 0. The van der Waals surface area contributed by atoms with Gasteiger partial charge in [0, 0.05) is 22.3 Å². The second-order valence-electron chi connectivity index (χ2n) is 6.71. The number of nitrogens with one attached hydrogen (secondary N) is 2. The van der Waals surface area contributed by atoms with Crippen molar-refractivity contribution >= 4 is 22.5 Å². The fourth-order valence-corrected chi connectivity index (χ4v) is 3.33. The lowest BCUT2D eigenvalue weighted by Gasteiger charge is -2.14. The van der Waals surface area contributed by atoms with Crippen molar-refractivity contribution in [2.45, 2.75) is 58.8 Å². The number of H-pyrrole nitrogens is 1. The lowest BCUT2D eigenvalue weighted by atomic mass is 9.85. The molecule has 1 amide bonds. The third kappa shape index (κ3) is 2.15. The summed E-state index contributed by atoms with van der Waals surface area (Å²) in [7, 11) is 0. The molecule has 3 rings (SSSR count). The minimum absolute atomic E-state index is 0.0920. The number of amides is 1. The number of hydrogen-bond acceptors (Lipinski definition) is 1. The van der Waals surface area contributed by atoms with E-state index in [-0.39, 0.29) is 5.91 Å². The highest BCUT2D eigenvalue weighted by molar-refractivity contribution is 6.08. The Balaban J connectivity index is 2.07. The van der Waals surface area contributed by atoms with Crippen LogP contribution in [0.2, 0.25) is 0 Å². The monoisotopic (exact) mass is 284 g/mol. The first-order chi connectivity index (χ1) is 9.95. The third-order valence-electron chi connectivity index (χ3n) is 4.78. The first kappa shape index (κ1) is 14.2. The van der Waals surface area contributed by atoms with E-state index >= 15 is 0 Å². The fourth-order valence-electron chi connectivity index (χ4n) is 3.33. The van der Waals surface area contributed by atoms with Gasteiger partial charge in [0.05, 0.1) is 5.41 Å². The van der Waals surface area contributed by atoms with Crippen molar-refractivity contribution in [1.29, 1.82) is 0 Å². The Morgan fingerprint density at radius 1 is 1.19 bits per heavy atom. The summed E-state index contributed by atoms with van der Waals surface area (Å²) in [6.45, 7) is 8.35. The van der Waals surface area contributed by atoms with Crippen LogP contribution in [0.25, 0.3) is 10.9 Å². The van der Waals surface area contributed by atoms with Crippen molar-refractivity contribution in [3.63, 3.8) is 0 Å². The van der Waals surface area contributed by atoms with Crippen LogP contribution in [0.15, 0.2) is 12.1 Å². The van der Waals surface area contributed by atoms with Gasteiger partial charge in [-0.3, -0.25) is 4.79 Å². The highest BCUT2D eigenvalue weighted by Gasteiger charge is 2.38. The SMILES string of the molecule is CCCCCc1c(C)[nH]c2cc3c(cc12)NC(=O)C3(C)C. The van der Waals surface area contributed by atoms with Gasteiger partial charge in [-0.1, -0.05) is 19.8 Å². The number of unbranched alkanes of at least 4 members (excludes halogenated alkanes) is 2. The lowest BCUT2D eigenvalue weighted by molar-refractivity contribution is -0.119. The molecule has 112 valence electrons. The van der Waals surface area contributed by atoms with Crippen LogP contribution in [0, 0.1) is 6.92 Å². The lowest BCUT2D eigenvalue weighted by Crippen LogP contribution is -2.26. The van der Waals surface area contributed by atoms with Crippen molar-refractivity contribution in [2.75, 3.05) is 5.32 Å². The normalized spacial score (nSPS) is 16.3. The van der Waals surface area contributed by atoms with Gasteiger partial charge in [0.2, 0.25) is 5.91 Å². The zero-order valence-corrected chi connectivity index (χ0v) is 13.4. The highest BCUT2D eigenvalue weighted by Crippen LogP contribution is 2.40. The third-order valence-corrected chi connectivity index (χ3v) is 4.78. The maximum Gasteiger partial charge on any atom is 0.234 e. The molecule has 2 aromatic rings. The molecule has 0 unspecified atom stereocenters. The van der Waals surface area contributed by atoms with Crippen molar-refractivity contribution < 1.29 is 4.79 Å². The minimum atomic E-state index is -0.440. The summed E-state index contributed by atoms with van der Waals surface area (Å²) in [5, 5.41) is 4.29. The Hall–Kier alpha value is -1.77. The molecule has 3 nitrogen and oxygen atoms in total. The standard InChI is InChI=1S/C18H24N2O/c1-5-6-7-8-12-11(2)19-15-10-14-16(9-13(12)15)20-17(21)18(14,3)4/h9-10,19H,5-8H2,1-4H3,(H,20,21). The molecular formula is C18H24N2O. The molecule has 21 heavy (non-hydrogen) atoms. The summed E-state index contributed by atoms with van der Waals surface area (Å²) < 4.78 is 0. The van der Waals surface area contributed by atoms with E-state index in [1.807, 2.05) is 13.8 Å². The second-order valence-corrected chi connectivity index (χ2v) is 6.71. The molecule has 0 radical (unpaired) electrons. The number of carbonyl (C=O) groups excluding carboxylic acids is 1. The molecule has 0 aliphatic carbocycles. The van der Waals surface area contributed by atoms with Gasteiger partial charge in [0.25, 0.3) is 0 Å². The molecule has 1 aliphatic rings. The molecule has 0 saturated heterocycles. The molecule has 1 aromatic heterocycles. The smallest absolute Gasteiger partial charge is 0.234 e. The van der Waals surface area contributed by atoms with Crippen LogP contribution in [0.5, 0.6) is 0 Å². The maximum atomic E-state index is 12.1. The Labute approximate surface area is 126 Å². The van der Waals surface area contributed by atoms with E-state index in [0.29, 0.717) is 0 Å². The van der Waals surface area contributed by atoms with Crippen LogP contribution < -0.4 is 5.32 Å². The molecule has 1 aliphatic heterocycles. The molecule has 3 heteroatoms. The summed E-state index contributed by atoms with van der Waals surface area (Å²) in [4.78, 5) is 15.6. The highest BCUT2D eigenvalue weighted by atomic mass is 16.2. The first-order valence-electron chi connectivity index (χ1n) is 7.92. The van der Waals surface area contributed by atoms with Crippen LogP contribution >= 0.6 is 0 Å². The summed E-state index contributed by atoms with van der Waals surface area (Å²) in [6, 6.07) is 4.31. The Morgan fingerprint density at radius 3 is 2.67 bits per heavy atom. The van der Waals surface area contributed by atoms with Crippen LogP contribution in [0.3, 0.4) is 0 Å². The number of aromatic nitrogens is 1. The zero-order valence-electron chi connectivity index (χ0n) is 13.4. The number of rotatable bonds is 4. The van der Waals surface area contributed by atoms with Crippen molar-refractivity contribution in [3.05, 3.63) is 29.0 Å². The van der Waals surface area contributed by atoms with E-state index < -0.39 is 5.41 Å². The Kier molecular flexibility index (Phi) is 3.31. The zero-order chi connectivity index (χ0) is 15.2. The number of hydrogen-bond donors (Lipinski definition) is 2. The van der Waals surface area contributed by atoms with E-state index in [9.17, 15) is 4.79 Å². The summed E-state index contributed by atoms with van der Waals surface area (Å²) in [5.74, 6) is 0.0920. The van der Waals surface area contributed by atoms with Gasteiger partial charge < -0.3 is 10.3 Å². The van der Waals surface area contributed by atoms with Crippen LogP contribution in [-0.4, -0.2) is 10.9 Å². The number of anilines is 1. The molecule has 0 saturated carbocycles. The fraction of sp³-hybridized carbons (Fsp3) is 0.500. The summed E-state index contributed by atoms with van der Waals surface area (Å²) in [5.41, 5.74) is 5.45. The average molecular weight is 284 g/mol. The van der Waals surface area contributed by atoms with Crippen molar-refractivity contribution in [1.82, 2.24) is 4.98 Å². The number of aryl methyl sites for hydroxylation is 2. The van der Waals surface area contributed by atoms with Gasteiger partial charge in [-0.2, -0.15) is 0 Å². The van der Waals surface area contributed by atoms with E-state index in [2.05, 4.69) is 36.3 Å². The molecule has 0 spiro atoms. The number of aromatic amines is 1.